The van der Waals surface area contributed by atoms with Gasteiger partial charge in [-0.05, 0) is 24.1 Å². The van der Waals surface area contributed by atoms with Crippen LogP contribution in [0.3, 0.4) is 0 Å². The van der Waals surface area contributed by atoms with E-state index in [9.17, 15) is 4.79 Å². The molecule has 0 fully saturated rings. The summed E-state index contributed by atoms with van der Waals surface area (Å²) in [5.74, 6) is 0.783. The van der Waals surface area contributed by atoms with Crippen molar-refractivity contribution in [1.29, 1.82) is 0 Å². The van der Waals surface area contributed by atoms with Gasteiger partial charge in [-0.15, -0.1) is 0 Å². The number of hydrogen-bond acceptors (Lipinski definition) is 3. The molecule has 4 nitrogen and oxygen atoms in total. The summed E-state index contributed by atoms with van der Waals surface area (Å²) < 4.78 is 5.15. The molecule has 2 N–H and O–H groups in total. The van der Waals surface area contributed by atoms with Crippen molar-refractivity contribution < 1.29 is 9.53 Å². The van der Waals surface area contributed by atoms with Crippen molar-refractivity contribution >= 4 is 5.91 Å². The van der Waals surface area contributed by atoms with Crippen LogP contribution in [0.2, 0.25) is 0 Å². The highest BCUT2D eigenvalue weighted by molar-refractivity contribution is 5.81. The van der Waals surface area contributed by atoms with E-state index in [4.69, 9.17) is 10.5 Å². The summed E-state index contributed by atoms with van der Waals surface area (Å²) in [5.41, 5.74) is 6.86. The Kier molecular flexibility index (Phi) is 5.65. The van der Waals surface area contributed by atoms with Crippen molar-refractivity contribution in [2.24, 2.45) is 5.73 Å². The Bertz CT molecular complexity index is 393. The number of benzene rings is 1. The highest BCUT2D eigenvalue weighted by atomic mass is 16.5. The van der Waals surface area contributed by atoms with Gasteiger partial charge in [-0.25, -0.2) is 0 Å². The van der Waals surface area contributed by atoms with Crippen molar-refractivity contribution in [1.82, 2.24) is 4.90 Å². The van der Waals surface area contributed by atoms with Crippen molar-refractivity contribution in [3.05, 3.63) is 29.8 Å². The molecule has 18 heavy (non-hydrogen) atoms. The van der Waals surface area contributed by atoms with E-state index in [1.54, 1.807) is 19.1 Å². The SMILES string of the molecule is CCC[C@@H](N)C(=O)N(C)Cc1cccc(OC)c1. The van der Waals surface area contributed by atoms with E-state index in [1.807, 2.05) is 31.2 Å². The molecular formula is C14H22N2O2. The monoisotopic (exact) mass is 250 g/mol. The van der Waals surface area contributed by atoms with E-state index < -0.39 is 6.04 Å². The third-order valence-corrected chi connectivity index (χ3v) is 2.85. The lowest BCUT2D eigenvalue weighted by Crippen LogP contribution is -2.41. The zero-order valence-electron chi connectivity index (χ0n) is 11.3. The number of nitrogens with zero attached hydrogens (tertiary/aromatic N) is 1. The van der Waals surface area contributed by atoms with Crippen LogP contribution in [0.4, 0.5) is 0 Å². The molecule has 0 aromatic heterocycles. The van der Waals surface area contributed by atoms with Crippen LogP contribution in [0.5, 0.6) is 5.75 Å². The first kappa shape index (κ1) is 14.5. The maximum atomic E-state index is 12.0. The van der Waals surface area contributed by atoms with Gasteiger partial charge in [0.2, 0.25) is 5.91 Å². The van der Waals surface area contributed by atoms with E-state index in [1.165, 1.54) is 0 Å². The van der Waals surface area contributed by atoms with Crippen LogP contribution in [-0.4, -0.2) is 31.0 Å². The third kappa shape index (κ3) is 4.04. The van der Waals surface area contributed by atoms with Crippen LogP contribution < -0.4 is 10.5 Å². The number of methoxy groups -OCH3 is 1. The summed E-state index contributed by atoms with van der Waals surface area (Å²) in [6, 6.07) is 7.30. The highest BCUT2D eigenvalue weighted by Gasteiger charge is 2.17. The second-order valence-corrected chi connectivity index (χ2v) is 4.44. The van der Waals surface area contributed by atoms with Gasteiger partial charge in [0.25, 0.3) is 0 Å². The molecule has 1 aromatic carbocycles. The normalized spacial score (nSPS) is 12.0. The Labute approximate surface area is 109 Å². The van der Waals surface area contributed by atoms with E-state index in [0.29, 0.717) is 6.54 Å². The van der Waals surface area contributed by atoms with Gasteiger partial charge in [0.1, 0.15) is 5.75 Å². The van der Waals surface area contributed by atoms with Crippen LogP contribution in [-0.2, 0) is 11.3 Å². The molecule has 100 valence electrons. The fourth-order valence-electron chi connectivity index (χ4n) is 1.84. The van der Waals surface area contributed by atoms with Crippen LogP contribution in [0, 0.1) is 0 Å². The van der Waals surface area contributed by atoms with E-state index in [2.05, 4.69) is 0 Å². The molecule has 1 aromatic rings. The molecule has 0 spiro atoms. The lowest BCUT2D eigenvalue weighted by Gasteiger charge is -2.21. The fourth-order valence-corrected chi connectivity index (χ4v) is 1.84. The molecule has 0 unspecified atom stereocenters. The molecular weight excluding hydrogens is 228 g/mol. The molecule has 0 saturated heterocycles. The van der Waals surface area contributed by atoms with Crippen LogP contribution >= 0.6 is 0 Å². The standard InChI is InChI=1S/C14H22N2O2/c1-4-6-13(15)14(17)16(2)10-11-7-5-8-12(9-11)18-3/h5,7-9,13H,4,6,10,15H2,1-3H3/t13-/m1/s1. The van der Waals surface area contributed by atoms with Gasteiger partial charge < -0.3 is 15.4 Å². The summed E-state index contributed by atoms with van der Waals surface area (Å²) >= 11 is 0. The quantitative estimate of drug-likeness (QED) is 0.837. The average molecular weight is 250 g/mol. The molecule has 1 atom stereocenters. The van der Waals surface area contributed by atoms with E-state index in [0.717, 1.165) is 24.2 Å². The summed E-state index contributed by atoms with van der Waals surface area (Å²) in [6.45, 7) is 2.57. The van der Waals surface area contributed by atoms with E-state index >= 15 is 0 Å². The minimum absolute atomic E-state index is 0.0142. The minimum Gasteiger partial charge on any atom is -0.497 e. The van der Waals surface area contributed by atoms with Gasteiger partial charge in [-0.2, -0.15) is 0 Å². The van der Waals surface area contributed by atoms with Gasteiger partial charge in [0.05, 0.1) is 13.2 Å². The fraction of sp³-hybridized carbons (Fsp3) is 0.500. The topological polar surface area (TPSA) is 55.6 Å². The minimum atomic E-state index is -0.398. The van der Waals surface area contributed by atoms with Crippen LogP contribution in [0.1, 0.15) is 25.3 Å². The smallest absolute Gasteiger partial charge is 0.239 e. The second kappa shape index (κ2) is 7.01. The van der Waals surface area contributed by atoms with Crippen molar-refractivity contribution in [2.45, 2.75) is 32.4 Å². The summed E-state index contributed by atoms with van der Waals surface area (Å²) in [6.07, 6.45) is 1.64. The van der Waals surface area contributed by atoms with Gasteiger partial charge in [-0.3, -0.25) is 4.79 Å². The van der Waals surface area contributed by atoms with Gasteiger partial charge in [-0.1, -0.05) is 25.5 Å². The first-order valence-corrected chi connectivity index (χ1v) is 6.22. The van der Waals surface area contributed by atoms with Crippen molar-refractivity contribution in [3.63, 3.8) is 0 Å². The molecule has 0 aliphatic carbocycles. The highest BCUT2D eigenvalue weighted by Crippen LogP contribution is 2.14. The number of carbonyl (C=O) groups excluding carboxylic acids is 1. The number of amides is 1. The Morgan fingerprint density at radius 2 is 2.22 bits per heavy atom. The van der Waals surface area contributed by atoms with Crippen molar-refractivity contribution in [3.8, 4) is 5.75 Å². The van der Waals surface area contributed by atoms with Gasteiger partial charge in [0, 0.05) is 13.6 Å². The predicted molar refractivity (Wildman–Crippen MR) is 72.4 cm³/mol. The molecule has 0 saturated carbocycles. The maximum absolute atomic E-state index is 12.0. The first-order valence-electron chi connectivity index (χ1n) is 6.22. The molecule has 1 rings (SSSR count). The third-order valence-electron chi connectivity index (χ3n) is 2.85. The van der Waals surface area contributed by atoms with Gasteiger partial charge in [0.15, 0.2) is 0 Å². The zero-order valence-corrected chi connectivity index (χ0v) is 11.3. The number of rotatable bonds is 6. The Morgan fingerprint density at radius 1 is 1.50 bits per heavy atom. The van der Waals surface area contributed by atoms with Gasteiger partial charge >= 0.3 is 0 Å². The van der Waals surface area contributed by atoms with Crippen LogP contribution in [0.15, 0.2) is 24.3 Å². The summed E-state index contributed by atoms with van der Waals surface area (Å²) in [5, 5.41) is 0. The summed E-state index contributed by atoms with van der Waals surface area (Å²) in [7, 11) is 3.41. The average Bonchev–Trinajstić information content (AvgIpc) is 2.38. The zero-order chi connectivity index (χ0) is 13.5. The Morgan fingerprint density at radius 3 is 2.83 bits per heavy atom. The molecule has 1 amide bonds. The lowest BCUT2D eigenvalue weighted by atomic mass is 10.1. The van der Waals surface area contributed by atoms with Crippen LogP contribution in [0.25, 0.3) is 0 Å². The number of ether oxygens (including phenoxy) is 1. The lowest BCUT2D eigenvalue weighted by molar-refractivity contribution is -0.132. The predicted octanol–water partition coefficient (Wildman–Crippen LogP) is 1.78. The van der Waals surface area contributed by atoms with Crippen molar-refractivity contribution in [2.75, 3.05) is 14.2 Å². The first-order chi connectivity index (χ1) is 8.58. The number of hydrogen-bond donors (Lipinski definition) is 1. The van der Waals surface area contributed by atoms with E-state index in [-0.39, 0.29) is 5.91 Å². The molecule has 0 heterocycles. The molecule has 0 aliphatic rings. The maximum Gasteiger partial charge on any atom is 0.239 e. The number of likely N-dealkylation sites (N-methyl/N-ethyl adjacent to an activating group) is 1. The largest absolute Gasteiger partial charge is 0.497 e. The Balaban J connectivity index is 2.63. The molecule has 0 bridgehead atoms. The number of carbonyl (C=O) groups is 1. The molecule has 0 aliphatic heterocycles. The number of nitrogens with two attached hydrogens (primary N) is 1. The Hall–Kier alpha value is -1.55. The molecule has 0 radical (unpaired) electrons. The second-order valence-electron chi connectivity index (χ2n) is 4.44. The summed E-state index contributed by atoms with van der Waals surface area (Å²) in [4.78, 5) is 13.6. The molecule has 4 heteroatoms.